The normalized spacial score (nSPS) is 11.0. The summed E-state index contributed by atoms with van der Waals surface area (Å²) in [5.74, 6) is -0.160. The minimum absolute atomic E-state index is 0.295. The second-order valence-corrected chi connectivity index (χ2v) is 4.31. The number of rotatable bonds is 5. The molecule has 0 aromatic heterocycles. The van der Waals surface area contributed by atoms with E-state index in [0.29, 0.717) is 5.56 Å². The fourth-order valence-corrected chi connectivity index (χ4v) is 1.79. The first-order valence-electron chi connectivity index (χ1n) is 6.29. The molecular formula is C16H16O3. The predicted octanol–water partition coefficient (Wildman–Crippen LogP) is 4.23. The van der Waals surface area contributed by atoms with Gasteiger partial charge in [-0.3, -0.25) is 0 Å². The molecule has 2 aromatic rings. The Labute approximate surface area is 112 Å². The Bertz CT molecular complexity index is 614. The van der Waals surface area contributed by atoms with Crippen LogP contribution < -0.4 is 4.74 Å². The molecule has 0 aliphatic rings. The van der Waals surface area contributed by atoms with Crippen molar-refractivity contribution in [2.75, 3.05) is 0 Å². The molecular weight excluding hydrogens is 240 g/mol. The molecule has 0 bridgehead atoms. The number of carboxylic acids is 1. The van der Waals surface area contributed by atoms with E-state index in [0.717, 1.165) is 29.4 Å². The molecule has 3 heteroatoms. The van der Waals surface area contributed by atoms with Gasteiger partial charge in [-0.1, -0.05) is 25.5 Å². The van der Waals surface area contributed by atoms with E-state index >= 15 is 0 Å². The van der Waals surface area contributed by atoms with Crippen LogP contribution in [0.2, 0.25) is 0 Å². The van der Waals surface area contributed by atoms with Gasteiger partial charge < -0.3 is 9.84 Å². The van der Waals surface area contributed by atoms with E-state index in [9.17, 15) is 4.79 Å². The standard InChI is InChI=1S/C16H16O3/c1-2-3-4-9-19-15-8-7-12-10-14(16(17)18)6-5-13(12)11-15/h4-11H,2-3H2,1H3,(H,17,18). The van der Waals surface area contributed by atoms with Crippen molar-refractivity contribution < 1.29 is 14.6 Å². The summed E-state index contributed by atoms with van der Waals surface area (Å²) in [5, 5.41) is 10.8. The van der Waals surface area contributed by atoms with Gasteiger partial charge in [0.1, 0.15) is 5.75 Å². The van der Waals surface area contributed by atoms with E-state index < -0.39 is 5.97 Å². The molecule has 98 valence electrons. The average molecular weight is 256 g/mol. The summed E-state index contributed by atoms with van der Waals surface area (Å²) in [5.41, 5.74) is 0.295. The molecule has 2 rings (SSSR count). The molecule has 0 saturated carbocycles. The van der Waals surface area contributed by atoms with Gasteiger partial charge in [0.2, 0.25) is 0 Å². The Morgan fingerprint density at radius 2 is 1.95 bits per heavy atom. The molecule has 0 aliphatic heterocycles. The average Bonchev–Trinajstić information content (AvgIpc) is 2.43. The van der Waals surface area contributed by atoms with Gasteiger partial charge in [-0.15, -0.1) is 0 Å². The van der Waals surface area contributed by atoms with Crippen LogP contribution in [-0.2, 0) is 0 Å². The molecule has 0 unspecified atom stereocenters. The van der Waals surface area contributed by atoms with Crippen LogP contribution in [0, 0.1) is 0 Å². The lowest BCUT2D eigenvalue weighted by molar-refractivity contribution is 0.0697. The Balaban J connectivity index is 2.21. The summed E-state index contributed by atoms with van der Waals surface area (Å²) in [6.07, 6.45) is 5.76. The van der Waals surface area contributed by atoms with Gasteiger partial charge in [-0.05, 0) is 47.5 Å². The van der Waals surface area contributed by atoms with E-state index in [1.807, 2.05) is 24.3 Å². The number of hydrogen-bond acceptors (Lipinski definition) is 2. The van der Waals surface area contributed by atoms with E-state index in [2.05, 4.69) is 6.92 Å². The molecule has 3 nitrogen and oxygen atoms in total. The third kappa shape index (κ3) is 3.35. The first-order chi connectivity index (χ1) is 9.20. The molecule has 0 radical (unpaired) electrons. The number of unbranched alkanes of at least 4 members (excludes halogenated alkanes) is 1. The van der Waals surface area contributed by atoms with Crippen LogP contribution in [0.5, 0.6) is 5.75 Å². The number of allylic oxidation sites excluding steroid dienone is 1. The van der Waals surface area contributed by atoms with Crippen molar-refractivity contribution in [3.05, 3.63) is 54.3 Å². The van der Waals surface area contributed by atoms with Crippen LogP contribution in [-0.4, -0.2) is 11.1 Å². The van der Waals surface area contributed by atoms with E-state index in [-0.39, 0.29) is 0 Å². The maximum atomic E-state index is 10.9. The fraction of sp³-hybridized carbons (Fsp3) is 0.188. The SMILES string of the molecule is CCCC=COc1ccc2cc(C(=O)O)ccc2c1. The highest BCUT2D eigenvalue weighted by Gasteiger charge is 2.04. The van der Waals surface area contributed by atoms with Crippen molar-refractivity contribution in [3.8, 4) is 5.75 Å². The molecule has 0 atom stereocenters. The third-order valence-electron chi connectivity index (χ3n) is 2.81. The van der Waals surface area contributed by atoms with Crippen LogP contribution in [0.4, 0.5) is 0 Å². The maximum Gasteiger partial charge on any atom is 0.335 e. The highest BCUT2D eigenvalue weighted by atomic mass is 16.5. The lowest BCUT2D eigenvalue weighted by Gasteiger charge is -2.04. The minimum Gasteiger partial charge on any atom is -0.478 e. The number of fused-ring (bicyclic) bond motifs is 1. The smallest absolute Gasteiger partial charge is 0.335 e. The number of aromatic carboxylic acids is 1. The number of benzene rings is 2. The molecule has 0 spiro atoms. The quantitative estimate of drug-likeness (QED) is 0.814. The highest BCUT2D eigenvalue weighted by molar-refractivity contribution is 5.94. The third-order valence-corrected chi connectivity index (χ3v) is 2.81. The van der Waals surface area contributed by atoms with Crippen molar-refractivity contribution in [2.45, 2.75) is 19.8 Å². The molecule has 0 saturated heterocycles. The number of carboxylic acid groups (broad SMARTS) is 1. The van der Waals surface area contributed by atoms with Crippen molar-refractivity contribution in [1.82, 2.24) is 0 Å². The summed E-state index contributed by atoms with van der Waals surface area (Å²) >= 11 is 0. The Hall–Kier alpha value is -2.29. The molecule has 2 aromatic carbocycles. The van der Waals surface area contributed by atoms with E-state index in [4.69, 9.17) is 9.84 Å². The predicted molar refractivity (Wildman–Crippen MR) is 75.6 cm³/mol. The van der Waals surface area contributed by atoms with Gasteiger partial charge in [-0.25, -0.2) is 4.79 Å². The van der Waals surface area contributed by atoms with Gasteiger partial charge in [0.15, 0.2) is 0 Å². The number of ether oxygens (including phenoxy) is 1. The second kappa shape index (κ2) is 6.05. The summed E-state index contributed by atoms with van der Waals surface area (Å²) < 4.78 is 5.50. The van der Waals surface area contributed by atoms with Crippen molar-refractivity contribution in [1.29, 1.82) is 0 Å². The van der Waals surface area contributed by atoms with E-state index in [1.165, 1.54) is 0 Å². The van der Waals surface area contributed by atoms with Gasteiger partial charge in [0.05, 0.1) is 11.8 Å². The topological polar surface area (TPSA) is 46.5 Å². The Morgan fingerprint density at radius 1 is 1.21 bits per heavy atom. The lowest BCUT2D eigenvalue weighted by atomic mass is 10.1. The molecule has 0 aliphatic carbocycles. The van der Waals surface area contributed by atoms with Crippen LogP contribution in [0.25, 0.3) is 10.8 Å². The highest BCUT2D eigenvalue weighted by Crippen LogP contribution is 2.22. The summed E-state index contributed by atoms with van der Waals surface area (Å²) in [7, 11) is 0. The van der Waals surface area contributed by atoms with Crippen molar-refractivity contribution in [3.63, 3.8) is 0 Å². The van der Waals surface area contributed by atoms with Crippen LogP contribution in [0.15, 0.2) is 48.7 Å². The Kier molecular flexibility index (Phi) is 4.18. The van der Waals surface area contributed by atoms with Crippen molar-refractivity contribution in [2.24, 2.45) is 0 Å². The summed E-state index contributed by atoms with van der Waals surface area (Å²) in [6, 6.07) is 10.7. The minimum atomic E-state index is -0.912. The number of carbonyl (C=O) groups is 1. The fourth-order valence-electron chi connectivity index (χ4n) is 1.79. The first-order valence-corrected chi connectivity index (χ1v) is 6.29. The van der Waals surface area contributed by atoms with Gasteiger partial charge in [0, 0.05) is 0 Å². The zero-order valence-electron chi connectivity index (χ0n) is 10.8. The largest absolute Gasteiger partial charge is 0.478 e. The molecule has 0 fully saturated rings. The van der Waals surface area contributed by atoms with Crippen LogP contribution in [0.1, 0.15) is 30.1 Å². The summed E-state index contributed by atoms with van der Waals surface area (Å²) in [6.45, 7) is 2.11. The van der Waals surface area contributed by atoms with Gasteiger partial charge >= 0.3 is 5.97 Å². The molecule has 19 heavy (non-hydrogen) atoms. The summed E-state index contributed by atoms with van der Waals surface area (Å²) in [4.78, 5) is 10.9. The van der Waals surface area contributed by atoms with Crippen LogP contribution in [0.3, 0.4) is 0 Å². The van der Waals surface area contributed by atoms with Crippen molar-refractivity contribution >= 4 is 16.7 Å². The molecule has 0 heterocycles. The monoisotopic (exact) mass is 256 g/mol. The second-order valence-electron chi connectivity index (χ2n) is 4.31. The molecule has 0 amide bonds. The van der Waals surface area contributed by atoms with Gasteiger partial charge in [-0.2, -0.15) is 0 Å². The van der Waals surface area contributed by atoms with E-state index in [1.54, 1.807) is 24.5 Å². The zero-order valence-corrected chi connectivity index (χ0v) is 10.8. The lowest BCUT2D eigenvalue weighted by Crippen LogP contribution is -1.95. The molecule has 1 N–H and O–H groups in total. The number of hydrogen-bond donors (Lipinski definition) is 1. The maximum absolute atomic E-state index is 10.9. The first kappa shape index (κ1) is 13.1. The van der Waals surface area contributed by atoms with Gasteiger partial charge in [0.25, 0.3) is 0 Å². The Morgan fingerprint density at radius 3 is 2.68 bits per heavy atom. The zero-order chi connectivity index (χ0) is 13.7. The van der Waals surface area contributed by atoms with Crippen LogP contribution >= 0.6 is 0 Å².